The molecule has 30 heavy (non-hydrogen) atoms. The van der Waals surface area contributed by atoms with Gasteiger partial charge < -0.3 is 10.2 Å². The van der Waals surface area contributed by atoms with Crippen LogP contribution in [0, 0.1) is 29.1 Å². The van der Waals surface area contributed by atoms with E-state index in [1.807, 2.05) is 13.8 Å². The second-order valence-electron chi connectivity index (χ2n) is 11.2. The molecular formula is C28H44O2. The molecule has 0 amide bonds. The summed E-state index contributed by atoms with van der Waals surface area (Å²) < 4.78 is 0. The molecule has 3 aliphatic carbocycles. The third kappa shape index (κ3) is 5.02. The molecule has 0 aromatic rings. The molecule has 0 spiro atoms. The smallest absolute Gasteiger partial charge is 0.0651 e. The average Bonchev–Trinajstić information content (AvgIpc) is 3.03. The summed E-state index contributed by atoms with van der Waals surface area (Å²) in [5, 5.41) is 20.3. The van der Waals surface area contributed by atoms with E-state index in [9.17, 15) is 10.2 Å². The van der Waals surface area contributed by atoms with Gasteiger partial charge in [0, 0.05) is 5.92 Å². The van der Waals surface area contributed by atoms with Gasteiger partial charge in [0.1, 0.15) is 0 Å². The second-order valence-corrected chi connectivity index (χ2v) is 11.2. The van der Waals surface area contributed by atoms with Crippen LogP contribution >= 0.6 is 0 Å². The number of aliphatic hydroxyl groups is 2. The van der Waals surface area contributed by atoms with Gasteiger partial charge in [0.25, 0.3) is 0 Å². The molecule has 0 aromatic heterocycles. The first-order chi connectivity index (χ1) is 14.0. The van der Waals surface area contributed by atoms with Crippen molar-refractivity contribution in [2.75, 3.05) is 0 Å². The van der Waals surface area contributed by atoms with Crippen LogP contribution in [0.2, 0.25) is 0 Å². The van der Waals surface area contributed by atoms with Gasteiger partial charge in [0.15, 0.2) is 0 Å². The number of aliphatic hydroxyl groups excluding tert-OH is 1. The lowest BCUT2D eigenvalue weighted by molar-refractivity contribution is 0.0436. The molecule has 6 atom stereocenters. The Hall–Kier alpha value is -1.12. The van der Waals surface area contributed by atoms with Crippen molar-refractivity contribution >= 4 is 0 Å². The van der Waals surface area contributed by atoms with Crippen molar-refractivity contribution in [2.45, 2.75) is 97.7 Å². The lowest BCUT2D eigenvalue weighted by Gasteiger charge is -2.44. The highest BCUT2D eigenvalue weighted by Crippen LogP contribution is 2.59. The topological polar surface area (TPSA) is 40.5 Å². The predicted molar refractivity (Wildman–Crippen MR) is 127 cm³/mol. The zero-order chi connectivity index (χ0) is 22.1. The summed E-state index contributed by atoms with van der Waals surface area (Å²) in [5.74, 6) is 2.08. The van der Waals surface area contributed by atoms with Gasteiger partial charge in [-0.15, -0.1) is 0 Å². The third-order valence-corrected chi connectivity index (χ3v) is 8.68. The maximum Gasteiger partial charge on any atom is 0.0651 e. The first-order valence-corrected chi connectivity index (χ1v) is 12.2. The van der Waals surface area contributed by atoms with Gasteiger partial charge >= 0.3 is 0 Å². The Kier molecular flexibility index (Phi) is 7.19. The number of fused-ring (bicyclic) bond motifs is 1. The van der Waals surface area contributed by atoms with E-state index in [-0.39, 0.29) is 12.0 Å². The summed E-state index contributed by atoms with van der Waals surface area (Å²) >= 11 is 0. The highest BCUT2D eigenvalue weighted by molar-refractivity contribution is 5.36. The molecule has 2 N–H and O–H groups in total. The number of hydrogen-bond acceptors (Lipinski definition) is 2. The number of rotatable bonds is 5. The van der Waals surface area contributed by atoms with Gasteiger partial charge in [0.05, 0.1) is 11.7 Å². The lowest BCUT2D eigenvalue weighted by atomic mass is 9.61. The SMILES string of the molecule is C=C1CC[C@H](O)CC1=C/C=C1\CCC[C@@]2(C)[C@@H]1CC[C@@H]2[C@H](C)/C=C/[C@H](C)C(C)(C)O. The Morgan fingerprint density at radius 1 is 1.10 bits per heavy atom. The van der Waals surface area contributed by atoms with Crippen LogP contribution < -0.4 is 0 Å². The third-order valence-electron chi connectivity index (χ3n) is 8.68. The zero-order valence-corrected chi connectivity index (χ0v) is 20.0. The van der Waals surface area contributed by atoms with Crippen LogP contribution in [0.15, 0.2) is 47.6 Å². The Balaban J connectivity index is 1.75. The van der Waals surface area contributed by atoms with Crippen molar-refractivity contribution in [3.8, 4) is 0 Å². The molecule has 0 saturated heterocycles. The van der Waals surface area contributed by atoms with Crippen molar-refractivity contribution in [1.29, 1.82) is 0 Å². The minimum absolute atomic E-state index is 0.164. The van der Waals surface area contributed by atoms with Gasteiger partial charge in [0.2, 0.25) is 0 Å². The van der Waals surface area contributed by atoms with E-state index in [0.717, 1.165) is 19.3 Å². The molecule has 0 unspecified atom stereocenters. The molecular weight excluding hydrogens is 368 g/mol. The van der Waals surface area contributed by atoms with Gasteiger partial charge in [-0.05, 0) is 94.0 Å². The van der Waals surface area contributed by atoms with E-state index in [4.69, 9.17) is 0 Å². The maximum atomic E-state index is 10.3. The van der Waals surface area contributed by atoms with Gasteiger partial charge in [-0.2, -0.15) is 0 Å². The molecule has 3 aliphatic rings. The standard InChI is InChI=1S/C28H44O2/c1-19-10-14-24(29)18-23(19)13-12-22-8-7-17-28(6)25(15-16-26(22)28)20(2)9-11-21(3)27(4,5)30/h9,11-13,20-21,24-26,29-30H,1,7-8,10,14-18H2,2-6H3/b11-9+,22-12+,23-13?/t20-,21+,24+,25-,26-,28-/m1/s1. The van der Waals surface area contributed by atoms with Crippen molar-refractivity contribution in [2.24, 2.45) is 29.1 Å². The van der Waals surface area contributed by atoms with E-state index in [2.05, 4.69) is 51.7 Å². The lowest BCUT2D eigenvalue weighted by Crippen LogP contribution is -2.35. The summed E-state index contributed by atoms with van der Waals surface area (Å²) in [6.45, 7) is 15.0. The van der Waals surface area contributed by atoms with Crippen LogP contribution in [0.25, 0.3) is 0 Å². The fourth-order valence-corrected chi connectivity index (χ4v) is 6.25. The van der Waals surface area contributed by atoms with E-state index < -0.39 is 5.60 Å². The first-order valence-electron chi connectivity index (χ1n) is 12.2. The summed E-state index contributed by atoms with van der Waals surface area (Å²) in [6.07, 6.45) is 18.0. The molecule has 0 heterocycles. The molecule has 3 rings (SSSR count). The van der Waals surface area contributed by atoms with Gasteiger partial charge in [-0.1, -0.05) is 62.8 Å². The van der Waals surface area contributed by atoms with Crippen molar-refractivity contribution in [3.05, 3.63) is 47.6 Å². The highest BCUT2D eigenvalue weighted by Gasteiger charge is 2.50. The largest absolute Gasteiger partial charge is 0.393 e. The fourth-order valence-electron chi connectivity index (χ4n) is 6.25. The molecule has 0 radical (unpaired) electrons. The molecule has 2 heteroatoms. The van der Waals surface area contributed by atoms with Crippen LogP contribution in [0.1, 0.15) is 86.0 Å². The van der Waals surface area contributed by atoms with Gasteiger partial charge in [-0.25, -0.2) is 0 Å². The van der Waals surface area contributed by atoms with Crippen LogP contribution in [0.4, 0.5) is 0 Å². The minimum Gasteiger partial charge on any atom is -0.393 e. The number of allylic oxidation sites excluding steroid dienone is 5. The Bertz CT molecular complexity index is 719. The van der Waals surface area contributed by atoms with Crippen molar-refractivity contribution in [1.82, 2.24) is 0 Å². The quantitative estimate of drug-likeness (QED) is 0.490. The van der Waals surface area contributed by atoms with E-state index >= 15 is 0 Å². The predicted octanol–water partition coefficient (Wildman–Crippen LogP) is 6.76. The zero-order valence-electron chi connectivity index (χ0n) is 20.0. The minimum atomic E-state index is -0.663. The van der Waals surface area contributed by atoms with E-state index in [1.165, 1.54) is 43.3 Å². The first kappa shape index (κ1) is 23.5. The number of hydrogen-bond donors (Lipinski definition) is 2. The normalized spacial score (nSPS) is 37.7. The molecule has 2 nitrogen and oxygen atoms in total. The molecule has 168 valence electrons. The van der Waals surface area contributed by atoms with Gasteiger partial charge in [-0.3, -0.25) is 0 Å². The van der Waals surface area contributed by atoms with Crippen LogP contribution in [0.3, 0.4) is 0 Å². The Labute approximate surface area is 184 Å². The second kappa shape index (κ2) is 9.17. The molecule has 3 fully saturated rings. The molecule has 0 aromatic carbocycles. The molecule has 3 saturated carbocycles. The monoisotopic (exact) mass is 412 g/mol. The summed E-state index contributed by atoms with van der Waals surface area (Å²) in [6, 6.07) is 0. The summed E-state index contributed by atoms with van der Waals surface area (Å²) in [5.41, 5.74) is 3.78. The molecule has 0 aliphatic heterocycles. The van der Waals surface area contributed by atoms with Crippen LogP contribution in [0.5, 0.6) is 0 Å². The van der Waals surface area contributed by atoms with E-state index in [1.54, 1.807) is 5.57 Å². The summed E-state index contributed by atoms with van der Waals surface area (Å²) in [7, 11) is 0. The highest BCUT2D eigenvalue weighted by atomic mass is 16.3. The Morgan fingerprint density at radius 2 is 1.83 bits per heavy atom. The summed E-state index contributed by atoms with van der Waals surface area (Å²) in [4.78, 5) is 0. The van der Waals surface area contributed by atoms with Crippen LogP contribution in [-0.4, -0.2) is 21.9 Å². The van der Waals surface area contributed by atoms with Crippen LogP contribution in [-0.2, 0) is 0 Å². The van der Waals surface area contributed by atoms with Crippen molar-refractivity contribution < 1.29 is 10.2 Å². The molecule has 0 bridgehead atoms. The fraction of sp³-hybridized carbons (Fsp3) is 0.714. The van der Waals surface area contributed by atoms with E-state index in [0.29, 0.717) is 23.2 Å². The van der Waals surface area contributed by atoms with Crippen molar-refractivity contribution in [3.63, 3.8) is 0 Å². The maximum absolute atomic E-state index is 10.3. The average molecular weight is 413 g/mol. The Morgan fingerprint density at radius 3 is 2.53 bits per heavy atom.